The fraction of sp³-hybridized carbons (Fsp3) is 0.500. The molecule has 1 heterocycles. The first kappa shape index (κ1) is 10.6. The molecule has 0 amide bonds. The summed E-state index contributed by atoms with van der Waals surface area (Å²) >= 11 is 0. The monoisotopic (exact) mass is 192 g/mol. The van der Waals surface area contributed by atoms with Crippen LogP contribution in [0.25, 0.3) is 0 Å². The van der Waals surface area contributed by atoms with E-state index < -0.39 is 0 Å². The number of anilines is 1. The van der Waals surface area contributed by atoms with Crippen molar-refractivity contribution in [1.82, 2.24) is 9.97 Å². The van der Waals surface area contributed by atoms with E-state index in [1.54, 1.807) is 6.20 Å². The largest absolute Gasteiger partial charge is 0.368 e. The zero-order valence-corrected chi connectivity index (χ0v) is 8.86. The summed E-state index contributed by atoms with van der Waals surface area (Å²) in [4.78, 5) is 12.2. The Balaban J connectivity index is 2.82. The molecule has 0 aliphatic carbocycles. The summed E-state index contributed by atoms with van der Waals surface area (Å²) in [6.07, 6.45) is 4.65. The third kappa shape index (κ3) is 2.80. The van der Waals surface area contributed by atoms with Crippen LogP contribution in [0.2, 0.25) is 0 Å². The van der Waals surface area contributed by atoms with Crippen LogP contribution in [-0.4, -0.2) is 16.2 Å². The molecule has 0 spiro atoms. The van der Waals surface area contributed by atoms with Gasteiger partial charge in [0, 0.05) is 6.21 Å². The average molecular weight is 192 g/mol. The standard InChI is InChI=1S/C10H16N4/c1-4-7(2)5-12-9-6-13-10(11)14-8(9)3/h5-7H,4H2,1-3H3,(H2,11,13,14). The minimum Gasteiger partial charge on any atom is -0.368 e. The van der Waals surface area contributed by atoms with E-state index >= 15 is 0 Å². The Morgan fingerprint density at radius 1 is 1.64 bits per heavy atom. The molecular weight excluding hydrogens is 176 g/mol. The molecule has 1 aromatic heterocycles. The molecule has 0 fully saturated rings. The van der Waals surface area contributed by atoms with Gasteiger partial charge in [-0.3, -0.25) is 4.99 Å². The van der Waals surface area contributed by atoms with Gasteiger partial charge in [-0.05, 0) is 19.3 Å². The Labute approximate surface area is 84.3 Å². The third-order valence-electron chi connectivity index (χ3n) is 2.08. The number of nitrogens with two attached hydrogens (primary N) is 1. The normalized spacial score (nSPS) is 13.4. The molecule has 4 heteroatoms. The number of aromatic nitrogens is 2. The summed E-state index contributed by atoms with van der Waals surface area (Å²) in [5.74, 6) is 0.775. The lowest BCUT2D eigenvalue weighted by Crippen LogP contribution is -1.96. The summed E-state index contributed by atoms with van der Waals surface area (Å²) in [6.45, 7) is 6.13. The Morgan fingerprint density at radius 3 is 2.93 bits per heavy atom. The maximum absolute atomic E-state index is 5.44. The minimum atomic E-state index is 0.296. The molecule has 0 bridgehead atoms. The SMILES string of the molecule is CCC(C)C=Nc1cnc(N)nc1C. The third-order valence-corrected chi connectivity index (χ3v) is 2.08. The highest BCUT2D eigenvalue weighted by Crippen LogP contribution is 2.15. The van der Waals surface area contributed by atoms with Crippen LogP contribution in [0.4, 0.5) is 11.6 Å². The minimum absolute atomic E-state index is 0.296. The van der Waals surface area contributed by atoms with Gasteiger partial charge in [0.1, 0.15) is 5.69 Å². The van der Waals surface area contributed by atoms with Crippen LogP contribution in [0.1, 0.15) is 26.0 Å². The molecule has 0 aromatic carbocycles. The average Bonchev–Trinajstić information content (AvgIpc) is 2.16. The topological polar surface area (TPSA) is 64.2 Å². The van der Waals surface area contributed by atoms with Crippen molar-refractivity contribution in [2.45, 2.75) is 27.2 Å². The lowest BCUT2D eigenvalue weighted by molar-refractivity contribution is 0.754. The van der Waals surface area contributed by atoms with E-state index in [4.69, 9.17) is 5.73 Å². The van der Waals surface area contributed by atoms with E-state index in [0.717, 1.165) is 17.8 Å². The van der Waals surface area contributed by atoms with Gasteiger partial charge in [0.25, 0.3) is 0 Å². The molecule has 0 radical (unpaired) electrons. The van der Waals surface area contributed by atoms with E-state index in [2.05, 4.69) is 28.8 Å². The van der Waals surface area contributed by atoms with Crippen LogP contribution < -0.4 is 5.73 Å². The van der Waals surface area contributed by atoms with Gasteiger partial charge in [0.15, 0.2) is 0 Å². The number of aliphatic imine (C=N–C) groups is 1. The van der Waals surface area contributed by atoms with E-state index in [1.165, 1.54) is 0 Å². The number of nitrogens with zero attached hydrogens (tertiary/aromatic N) is 3. The number of rotatable bonds is 3. The van der Waals surface area contributed by atoms with Crippen molar-refractivity contribution < 1.29 is 0 Å². The second-order valence-corrected chi connectivity index (χ2v) is 3.36. The van der Waals surface area contributed by atoms with Crippen LogP contribution in [0.15, 0.2) is 11.2 Å². The van der Waals surface area contributed by atoms with Gasteiger partial charge < -0.3 is 5.73 Å². The quantitative estimate of drug-likeness (QED) is 0.746. The van der Waals surface area contributed by atoms with Crippen LogP contribution in [0.5, 0.6) is 0 Å². The molecule has 0 saturated carbocycles. The van der Waals surface area contributed by atoms with Crippen molar-refractivity contribution in [1.29, 1.82) is 0 Å². The van der Waals surface area contributed by atoms with Gasteiger partial charge in [0.05, 0.1) is 11.9 Å². The lowest BCUT2D eigenvalue weighted by Gasteiger charge is -2.01. The fourth-order valence-corrected chi connectivity index (χ4v) is 0.918. The van der Waals surface area contributed by atoms with E-state index in [-0.39, 0.29) is 0 Å². The zero-order valence-electron chi connectivity index (χ0n) is 8.86. The van der Waals surface area contributed by atoms with Crippen LogP contribution in [0.3, 0.4) is 0 Å². The van der Waals surface area contributed by atoms with Crippen LogP contribution >= 0.6 is 0 Å². The number of hydrogen-bond donors (Lipinski definition) is 1. The van der Waals surface area contributed by atoms with Gasteiger partial charge in [0.2, 0.25) is 5.95 Å². The Morgan fingerprint density at radius 2 is 2.36 bits per heavy atom. The molecule has 4 nitrogen and oxygen atoms in total. The maximum atomic E-state index is 5.44. The smallest absolute Gasteiger partial charge is 0.220 e. The van der Waals surface area contributed by atoms with Gasteiger partial charge in [-0.15, -0.1) is 0 Å². The van der Waals surface area contributed by atoms with Crippen molar-refractivity contribution in [3.05, 3.63) is 11.9 Å². The van der Waals surface area contributed by atoms with Crippen molar-refractivity contribution in [3.63, 3.8) is 0 Å². The molecule has 1 rings (SSSR count). The molecule has 1 atom stereocenters. The highest BCUT2D eigenvalue weighted by Gasteiger charge is 1.99. The number of nitrogen functional groups attached to an aromatic ring is 1. The Kier molecular flexibility index (Phi) is 3.56. The summed E-state index contributed by atoms with van der Waals surface area (Å²) < 4.78 is 0. The molecule has 1 aromatic rings. The second-order valence-electron chi connectivity index (χ2n) is 3.36. The number of aryl methyl sites for hydroxylation is 1. The molecule has 2 N–H and O–H groups in total. The highest BCUT2D eigenvalue weighted by molar-refractivity contribution is 5.65. The molecule has 0 aliphatic rings. The summed E-state index contributed by atoms with van der Waals surface area (Å²) in [6, 6.07) is 0. The number of hydrogen-bond acceptors (Lipinski definition) is 4. The van der Waals surface area contributed by atoms with Crippen LogP contribution in [-0.2, 0) is 0 Å². The van der Waals surface area contributed by atoms with Crippen molar-refractivity contribution in [3.8, 4) is 0 Å². The summed E-state index contributed by atoms with van der Waals surface area (Å²) in [5.41, 5.74) is 7.04. The molecule has 0 saturated heterocycles. The lowest BCUT2D eigenvalue weighted by atomic mass is 10.1. The fourth-order valence-electron chi connectivity index (χ4n) is 0.918. The Hall–Kier alpha value is -1.45. The van der Waals surface area contributed by atoms with E-state index in [1.807, 2.05) is 13.1 Å². The molecule has 76 valence electrons. The summed E-state index contributed by atoms with van der Waals surface area (Å²) in [7, 11) is 0. The summed E-state index contributed by atoms with van der Waals surface area (Å²) in [5, 5.41) is 0. The second kappa shape index (κ2) is 4.69. The van der Waals surface area contributed by atoms with Gasteiger partial charge in [-0.2, -0.15) is 0 Å². The van der Waals surface area contributed by atoms with Crippen molar-refractivity contribution in [2.75, 3.05) is 5.73 Å². The first-order chi connectivity index (χ1) is 6.63. The van der Waals surface area contributed by atoms with Gasteiger partial charge >= 0.3 is 0 Å². The molecular formula is C10H16N4. The first-order valence-corrected chi connectivity index (χ1v) is 4.76. The first-order valence-electron chi connectivity index (χ1n) is 4.76. The maximum Gasteiger partial charge on any atom is 0.220 e. The predicted octanol–water partition coefficient (Wildman–Crippen LogP) is 2.12. The van der Waals surface area contributed by atoms with Crippen molar-refractivity contribution >= 4 is 17.9 Å². The van der Waals surface area contributed by atoms with Crippen molar-refractivity contribution in [2.24, 2.45) is 10.9 Å². The van der Waals surface area contributed by atoms with Crippen LogP contribution in [0, 0.1) is 12.8 Å². The van der Waals surface area contributed by atoms with Gasteiger partial charge in [-0.1, -0.05) is 13.8 Å². The highest BCUT2D eigenvalue weighted by atomic mass is 15.0. The Bertz CT molecular complexity index is 333. The predicted molar refractivity (Wildman–Crippen MR) is 58.8 cm³/mol. The zero-order chi connectivity index (χ0) is 10.6. The van der Waals surface area contributed by atoms with Gasteiger partial charge in [-0.25, -0.2) is 9.97 Å². The van der Waals surface area contributed by atoms with E-state index in [0.29, 0.717) is 11.9 Å². The molecule has 14 heavy (non-hydrogen) atoms. The molecule has 1 unspecified atom stereocenters. The van der Waals surface area contributed by atoms with E-state index in [9.17, 15) is 0 Å². The molecule has 0 aliphatic heterocycles.